The number of amides is 2. The number of carbonyl (C=O) groups excluding carboxylic acids is 3. The second kappa shape index (κ2) is 7.71. The molecular formula is C24H26N2O7. The number of fused-ring (bicyclic) bond motifs is 2. The summed E-state index contributed by atoms with van der Waals surface area (Å²) < 4.78 is 17.1. The second-order valence-electron chi connectivity index (χ2n) is 8.83. The molecule has 9 heteroatoms. The van der Waals surface area contributed by atoms with E-state index in [1.165, 1.54) is 4.90 Å². The number of β-amino-alcohol motifs (C(OH)–C–C–N with tert-alkyl or cyclic N) is 1. The zero-order valence-electron chi connectivity index (χ0n) is 18.5. The Bertz CT molecular complexity index is 1050. The van der Waals surface area contributed by atoms with Crippen LogP contribution in [0.15, 0.2) is 48.6 Å². The van der Waals surface area contributed by atoms with Gasteiger partial charge >= 0.3 is 5.97 Å². The van der Waals surface area contributed by atoms with Crippen LogP contribution in [0.5, 0.6) is 5.75 Å². The van der Waals surface area contributed by atoms with Gasteiger partial charge in [-0.2, -0.15) is 0 Å². The Morgan fingerprint density at radius 3 is 2.55 bits per heavy atom. The Morgan fingerprint density at radius 2 is 1.85 bits per heavy atom. The molecule has 1 unspecified atom stereocenters. The molecule has 5 atom stereocenters. The van der Waals surface area contributed by atoms with Gasteiger partial charge in [-0.15, -0.1) is 0 Å². The summed E-state index contributed by atoms with van der Waals surface area (Å²) in [7, 11) is 1.56. The van der Waals surface area contributed by atoms with E-state index in [2.05, 4.69) is 0 Å². The molecule has 0 radical (unpaired) electrons. The van der Waals surface area contributed by atoms with Crippen LogP contribution in [0.2, 0.25) is 0 Å². The van der Waals surface area contributed by atoms with Crippen molar-refractivity contribution in [1.29, 1.82) is 0 Å². The molecule has 4 aliphatic heterocycles. The molecule has 9 nitrogen and oxygen atoms in total. The van der Waals surface area contributed by atoms with Crippen molar-refractivity contribution in [1.82, 2.24) is 4.90 Å². The summed E-state index contributed by atoms with van der Waals surface area (Å²) in [6.45, 7) is 1.75. The molecule has 1 spiro atoms. The average Bonchev–Trinajstić information content (AvgIpc) is 3.05. The Balaban J connectivity index is 1.62. The zero-order valence-corrected chi connectivity index (χ0v) is 18.5. The van der Waals surface area contributed by atoms with Crippen LogP contribution in [0.25, 0.3) is 0 Å². The van der Waals surface area contributed by atoms with Gasteiger partial charge in [-0.1, -0.05) is 18.2 Å². The first-order chi connectivity index (χ1) is 15.9. The maximum Gasteiger partial charge on any atom is 0.313 e. The number of ether oxygens (including phenoxy) is 3. The summed E-state index contributed by atoms with van der Waals surface area (Å²) in [4.78, 5) is 43.5. The minimum Gasteiger partial charge on any atom is -0.497 e. The Labute approximate surface area is 191 Å². The van der Waals surface area contributed by atoms with E-state index in [-0.39, 0.29) is 32.2 Å². The molecule has 4 aliphatic rings. The minimum atomic E-state index is -1.36. The molecule has 33 heavy (non-hydrogen) atoms. The fourth-order valence-corrected chi connectivity index (χ4v) is 5.70. The number of likely N-dealkylation sites (tertiary alicyclic amines) is 1. The van der Waals surface area contributed by atoms with E-state index in [1.54, 1.807) is 67.5 Å². The van der Waals surface area contributed by atoms with Gasteiger partial charge in [0.05, 0.1) is 25.2 Å². The molecule has 0 aliphatic carbocycles. The number of hydrogen-bond donors (Lipinski definition) is 1. The van der Waals surface area contributed by atoms with E-state index in [9.17, 15) is 19.5 Å². The van der Waals surface area contributed by atoms with Crippen molar-refractivity contribution in [3.05, 3.63) is 48.6 Å². The molecule has 1 aromatic carbocycles. The third kappa shape index (κ3) is 3.02. The van der Waals surface area contributed by atoms with Crippen LogP contribution in [0.1, 0.15) is 6.92 Å². The van der Waals surface area contributed by atoms with E-state index in [4.69, 9.17) is 14.2 Å². The summed E-state index contributed by atoms with van der Waals surface area (Å²) in [6.07, 6.45) is 7.00. The number of rotatable bonds is 4. The van der Waals surface area contributed by atoms with Crippen LogP contribution in [0.4, 0.5) is 5.69 Å². The van der Waals surface area contributed by atoms with Crippen molar-refractivity contribution in [2.75, 3.05) is 38.3 Å². The van der Waals surface area contributed by atoms with Crippen molar-refractivity contribution < 1.29 is 33.7 Å². The number of carbonyl (C=O) groups is 3. The van der Waals surface area contributed by atoms with E-state index < -0.39 is 41.0 Å². The minimum absolute atomic E-state index is 0.0462. The highest BCUT2D eigenvalue weighted by atomic mass is 16.6. The number of aliphatic hydroxyl groups excluding tert-OH is 1. The molecule has 1 N–H and O–H groups in total. The standard InChI is InChI=1S/C24H26N2O7/c1-23-9-4-14-32-22(30)18(23)17-20(28)26(12-13-27)19-21(29)25(11-3-10-24(17,19)33-23)15-5-7-16(31-2)8-6-15/h3-10,17-19,27H,11-14H2,1-2H3/t17-,18+,19?,23-,24-/m0/s1. The number of anilines is 1. The van der Waals surface area contributed by atoms with Gasteiger partial charge in [0.15, 0.2) is 0 Å². The lowest BCUT2D eigenvalue weighted by atomic mass is 9.75. The fraction of sp³-hybridized carbons (Fsp3) is 0.458. The molecule has 2 saturated heterocycles. The van der Waals surface area contributed by atoms with Gasteiger partial charge in [-0.3, -0.25) is 14.4 Å². The Kier molecular flexibility index (Phi) is 5.06. The monoisotopic (exact) mass is 454 g/mol. The average molecular weight is 454 g/mol. The number of esters is 1. The van der Waals surface area contributed by atoms with E-state index in [0.29, 0.717) is 11.4 Å². The third-order valence-electron chi connectivity index (χ3n) is 7.04. The summed E-state index contributed by atoms with van der Waals surface area (Å²) in [5.74, 6) is -2.45. The van der Waals surface area contributed by atoms with Gasteiger partial charge in [0.1, 0.15) is 29.9 Å². The predicted molar refractivity (Wildman–Crippen MR) is 116 cm³/mol. The zero-order chi connectivity index (χ0) is 23.4. The van der Waals surface area contributed by atoms with Crippen LogP contribution in [0.3, 0.4) is 0 Å². The Hall–Kier alpha value is -3.17. The lowest BCUT2D eigenvalue weighted by Gasteiger charge is -2.37. The first-order valence-corrected chi connectivity index (χ1v) is 11.0. The van der Waals surface area contributed by atoms with Crippen LogP contribution < -0.4 is 9.64 Å². The van der Waals surface area contributed by atoms with Gasteiger partial charge in [0.25, 0.3) is 5.91 Å². The molecule has 2 fully saturated rings. The molecule has 0 bridgehead atoms. The van der Waals surface area contributed by atoms with Gasteiger partial charge in [-0.25, -0.2) is 0 Å². The highest BCUT2D eigenvalue weighted by Crippen LogP contribution is 2.57. The predicted octanol–water partition coefficient (Wildman–Crippen LogP) is 0.674. The van der Waals surface area contributed by atoms with Crippen molar-refractivity contribution in [3.63, 3.8) is 0 Å². The smallest absolute Gasteiger partial charge is 0.313 e. The molecule has 1 aromatic rings. The van der Waals surface area contributed by atoms with Crippen LogP contribution in [-0.4, -0.2) is 78.4 Å². The van der Waals surface area contributed by atoms with Crippen LogP contribution in [0, 0.1) is 11.8 Å². The number of methoxy groups -OCH3 is 1. The largest absolute Gasteiger partial charge is 0.497 e. The lowest BCUT2D eigenvalue weighted by molar-refractivity contribution is -0.156. The molecule has 174 valence electrons. The van der Waals surface area contributed by atoms with E-state index in [1.807, 2.05) is 0 Å². The molecule has 0 aromatic heterocycles. The maximum absolute atomic E-state index is 14.0. The first kappa shape index (κ1) is 21.7. The molecule has 5 rings (SSSR count). The first-order valence-electron chi connectivity index (χ1n) is 11.0. The topological polar surface area (TPSA) is 106 Å². The van der Waals surface area contributed by atoms with Crippen molar-refractivity contribution >= 4 is 23.5 Å². The number of hydrogen-bond acceptors (Lipinski definition) is 7. The van der Waals surface area contributed by atoms with E-state index >= 15 is 0 Å². The Morgan fingerprint density at radius 1 is 1.09 bits per heavy atom. The summed E-state index contributed by atoms with van der Waals surface area (Å²) >= 11 is 0. The van der Waals surface area contributed by atoms with Crippen molar-refractivity contribution in [3.8, 4) is 5.75 Å². The number of cyclic esters (lactones) is 1. The molecule has 4 heterocycles. The summed E-state index contributed by atoms with van der Waals surface area (Å²) in [6, 6.07) is 6.02. The summed E-state index contributed by atoms with van der Waals surface area (Å²) in [5, 5.41) is 9.68. The number of aliphatic hydroxyl groups is 1. The van der Waals surface area contributed by atoms with Gasteiger partial charge < -0.3 is 29.1 Å². The maximum atomic E-state index is 14.0. The van der Waals surface area contributed by atoms with Crippen LogP contribution in [-0.2, 0) is 23.9 Å². The highest BCUT2D eigenvalue weighted by molar-refractivity contribution is 6.05. The quantitative estimate of drug-likeness (QED) is 0.527. The molecule has 2 amide bonds. The van der Waals surface area contributed by atoms with Crippen molar-refractivity contribution in [2.45, 2.75) is 24.2 Å². The number of nitrogens with zero attached hydrogens (tertiary/aromatic N) is 2. The third-order valence-corrected chi connectivity index (χ3v) is 7.04. The van der Waals surface area contributed by atoms with Gasteiger partial charge in [-0.05, 0) is 37.3 Å². The van der Waals surface area contributed by atoms with Crippen molar-refractivity contribution in [2.24, 2.45) is 11.8 Å². The van der Waals surface area contributed by atoms with Gasteiger partial charge in [0.2, 0.25) is 5.91 Å². The number of benzene rings is 1. The highest BCUT2D eigenvalue weighted by Gasteiger charge is 2.74. The van der Waals surface area contributed by atoms with E-state index in [0.717, 1.165) is 0 Å². The SMILES string of the molecule is COc1ccc(N2CC=C[C@]34O[C@@]5(C)C=CCOC(=O)[C@H]5[C@H]3C(=O)N(CCO)C4C2=O)cc1. The molecular weight excluding hydrogens is 428 g/mol. The normalized spacial score (nSPS) is 35.0. The molecule has 0 saturated carbocycles. The fourth-order valence-electron chi connectivity index (χ4n) is 5.70. The van der Waals surface area contributed by atoms with Crippen LogP contribution >= 0.6 is 0 Å². The van der Waals surface area contributed by atoms with Gasteiger partial charge in [0, 0.05) is 18.8 Å². The lowest BCUT2D eigenvalue weighted by Crippen LogP contribution is -2.56. The second-order valence-corrected chi connectivity index (χ2v) is 8.83. The summed E-state index contributed by atoms with van der Waals surface area (Å²) in [5.41, 5.74) is -1.82.